The molecular formula is C25H26N2. The molecule has 27 heavy (non-hydrogen) atoms. The highest BCUT2D eigenvalue weighted by Crippen LogP contribution is 2.38. The summed E-state index contributed by atoms with van der Waals surface area (Å²) in [4.78, 5) is 8.49. The number of imidazole rings is 1. The van der Waals surface area contributed by atoms with Crippen molar-refractivity contribution in [1.29, 1.82) is 0 Å². The number of H-pyrrole nitrogens is 1. The predicted molar refractivity (Wildman–Crippen MR) is 115 cm³/mol. The Bertz CT molecular complexity index is 1180. The maximum absolute atomic E-state index is 4.94. The molecule has 0 saturated carbocycles. The fraction of sp³-hybridized carbons (Fsp3) is 0.320. The van der Waals surface area contributed by atoms with Crippen molar-refractivity contribution in [3.05, 3.63) is 65.1 Å². The van der Waals surface area contributed by atoms with Crippen molar-refractivity contribution in [1.82, 2.24) is 9.97 Å². The molecule has 3 aromatic carbocycles. The smallest absolute Gasteiger partial charge is 0.109 e. The first-order chi connectivity index (χ1) is 13.0. The van der Waals surface area contributed by atoms with Crippen LogP contribution in [0.1, 0.15) is 62.2 Å². The third kappa shape index (κ3) is 2.58. The summed E-state index contributed by atoms with van der Waals surface area (Å²) in [6.07, 6.45) is 2.13. The topological polar surface area (TPSA) is 28.7 Å². The third-order valence-corrected chi connectivity index (χ3v) is 5.99. The monoisotopic (exact) mass is 354 g/mol. The van der Waals surface area contributed by atoms with E-state index >= 15 is 0 Å². The average molecular weight is 354 g/mol. The first kappa shape index (κ1) is 16.6. The number of hydrogen-bond acceptors (Lipinski definition) is 1. The van der Waals surface area contributed by atoms with Crippen LogP contribution in [0.4, 0.5) is 0 Å². The summed E-state index contributed by atoms with van der Waals surface area (Å²) in [6.45, 7) is 8.91. The lowest BCUT2D eigenvalue weighted by atomic mass is 9.88. The SMILES string of the molecule is CC(C)c1ccc2c(ccc3cc4c(cc32)CCc2[nH]c(C(C)C)nc2-4)c1. The van der Waals surface area contributed by atoms with Crippen LogP contribution in [0.2, 0.25) is 0 Å². The van der Waals surface area contributed by atoms with E-state index in [1.54, 1.807) is 0 Å². The molecule has 0 unspecified atom stereocenters. The molecule has 0 bridgehead atoms. The maximum Gasteiger partial charge on any atom is 0.109 e. The summed E-state index contributed by atoms with van der Waals surface area (Å²) >= 11 is 0. The number of hydrogen-bond donors (Lipinski definition) is 1. The zero-order valence-electron chi connectivity index (χ0n) is 16.6. The quantitative estimate of drug-likeness (QED) is 0.397. The molecule has 2 nitrogen and oxygen atoms in total. The van der Waals surface area contributed by atoms with E-state index in [0.29, 0.717) is 11.8 Å². The van der Waals surface area contributed by atoms with Gasteiger partial charge in [-0.05, 0) is 63.6 Å². The summed E-state index contributed by atoms with van der Waals surface area (Å²) in [5, 5.41) is 5.37. The summed E-state index contributed by atoms with van der Waals surface area (Å²) in [5.41, 5.74) is 6.61. The Balaban J connectivity index is 1.72. The maximum atomic E-state index is 4.94. The summed E-state index contributed by atoms with van der Waals surface area (Å²) < 4.78 is 0. The summed E-state index contributed by atoms with van der Waals surface area (Å²) in [5.74, 6) is 2.09. The average Bonchev–Trinajstić information content (AvgIpc) is 3.11. The largest absolute Gasteiger partial charge is 0.345 e. The normalized spacial score (nSPS) is 13.6. The molecule has 0 spiro atoms. The van der Waals surface area contributed by atoms with Crippen molar-refractivity contribution >= 4 is 21.5 Å². The number of aromatic amines is 1. The highest BCUT2D eigenvalue weighted by molar-refractivity contribution is 6.09. The predicted octanol–water partition coefficient (Wildman–Crippen LogP) is 6.73. The van der Waals surface area contributed by atoms with E-state index in [4.69, 9.17) is 4.98 Å². The van der Waals surface area contributed by atoms with Crippen molar-refractivity contribution in [2.24, 2.45) is 0 Å². The molecule has 2 heteroatoms. The molecule has 136 valence electrons. The van der Waals surface area contributed by atoms with E-state index in [-0.39, 0.29) is 0 Å². The number of aryl methyl sites for hydroxylation is 2. The van der Waals surface area contributed by atoms with Gasteiger partial charge in [-0.25, -0.2) is 4.98 Å². The van der Waals surface area contributed by atoms with Crippen LogP contribution in [0, 0.1) is 0 Å². The molecule has 1 aromatic heterocycles. The lowest BCUT2D eigenvalue weighted by Crippen LogP contribution is -2.03. The zero-order chi connectivity index (χ0) is 18.7. The Hall–Kier alpha value is -2.61. The molecule has 0 amide bonds. The Morgan fingerprint density at radius 3 is 2.33 bits per heavy atom. The number of rotatable bonds is 2. The minimum absolute atomic E-state index is 0.429. The van der Waals surface area contributed by atoms with Gasteiger partial charge >= 0.3 is 0 Å². The number of fused-ring (bicyclic) bond motifs is 6. The van der Waals surface area contributed by atoms with Gasteiger partial charge in [-0.15, -0.1) is 0 Å². The van der Waals surface area contributed by atoms with E-state index in [2.05, 4.69) is 75.1 Å². The van der Waals surface area contributed by atoms with Crippen molar-refractivity contribution in [3.8, 4) is 11.3 Å². The van der Waals surface area contributed by atoms with E-state index in [1.165, 1.54) is 43.9 Å². The van der Waals surface area contributed by atoms with Gasteiger partial charge in [0.15, 0.2) is 0 Å². The molecule has 1 N–H and O–H groups in total. The first-order valence-corrected chi connectivity index (χ1v) is 10.1. The molecule has 0 saturated heterocycles. The van der Waals surface area contributed by atoms with Gasteiger partial charge in [-0.1, -0.05) is 58.0 Å². The van der Waals surface area contributed by atoms with Gasteiger partial charge in [-0.2, -0.15) is 0 Å². The molecule has 0 fully saturated rings. The van der Waals surface area contributed by atoms with E-state index < -0.39 is 0 Å². The fourth-order valence-corrected chi connectivity index (χ4v) is 4.33. The summed E-state index contributed by atoms with van der Waals surface area (Å²) in [6, 6.07) is 16.2. The van der Waals surface area contributed by atoms with Crippen LogP contribution in [-0.4, -0.2) is 9.97 Å². The lowest BCUT2D eigenvalue weighted by Gasteiger charge is -2.17. The highest BCUT2D eigenvalue weighted by atomic mass is 14.9. The van der Waals surface area contributed by atoms with Gasteiger partial charge < -0.3 is 4.98 Å². The molecule has 0 atom stereocenters. The van der Waals surface area contributed by atoms with Gasteiger partial charge in [0.1, 0.15) is 5.82 Å². The van der Waals surface area contributed by atoms with E-state index in [9.17, 15) is 0 Å². The lowest BCUT2D eigenvalue weighted by molar-refractivity contribution is 0.787. The van der Waals surface area contributed by atoms with Gasteiger partial charge in [0, 0.05) is 17.2 Å². The first-order valence-electron chi connectivity index (χ1n) is 10.1. The minimum Gasteiger partial charge on any atom is -0.345 e. The van der Waals surface area contributed by atoms with E-state index in [1.807, 2.05) is 0 Å². The molecule has 1 heterocycles. The second-order valence-electron chi connectivity index (χ2n) is 8.54. The van der Waals surface area contributed by atoms with Gasteiger partial charge in [-0.3, -0.25) is 0 Å². The van der Waals surface area contributed by atoms with Gasteiger partial charge in [0.05, 0.1) is 5.69 Å². The van der Waals surface area contributed by atoms with E-state index in [0.717, 1.165) is 24.4 Å². The van der Waals surface area contributed by atoms with Crippen LogP contribution in [0.5, 0.6) is 0 Å². The van der Waals surface area contributed by atoms with Crippen LogP contribution in [-0.2, 0) is 12.8 Å². The zero-order valence-corrected chi connectivity index (χ0v) is 16.6. The Morgan fingerprint density at radius 2 is 1.59 bits per heavy atom. The number of nitrogens with one attached hydrogen (secondary N) is 1. The molecule has 0 radical (unpaired) electrons. The fourth-order valence-electron chi connectivity index (χ4n) is 4.33. The van der Waals surface area contributed by atoms with Crippen LogP contribution in [0.3, 0.4) is 0 Å². The minimum atomic E-state index is 0.429. The Labute approximate surface area is 160 Å². The van der Waals surface area contributed by atoms with Crippen LogP contribution in [0.25, 0.3) is 32.8 Å². The second-order valence-corrected chi connectivity index (χ2v) is 8.54. The van der Waals surface area contributed by atoms with Gasteiger partial charge in [0.25, 0.3) is 0 Å². The van der Waals surface area contributed by atoms with Crippen LogP contribution < -0.4 is 0 Å². The van der Waals surface area contributed by atoms with Crippen molar-refractivity contribution in [3.63, 3.8) is 0 Å². The van der Waals surface area contributed by atoms with Crippen molar-refractivity contribution < 1.29 is 0 Å². The summed E-state index contributed by atoms with van der Waals surface area (Å²) in [7, 11) is 0. The molecule has 4 aromatic rings. The number of aromatic nitrogens is 2. The Morgan fingerprint density at radius 1 is 0.815 bits per heavy atom. The molecule has 1 aliphatic rings. The van der Waals surface area contributed by atoms with Gasteiger partial charge in [0.2, 0.25) is 0 Å². The molecule has 0 aliphatic heterocycles. The highest BCUT2D eigenvalue weighted by Gasteiger charge is 2.22. The molecular weight excluding hydrogens is 328 g/mol. The number of benzene rings is 3. The number of nitrogens with zero attached hydrogens (tertiary/aromatic N) is 1. The molecule has 1 aliphatic carbocycles. The van der Waals surface area contributed by atoms with Crippen molar-refractivity contribution in [2.75, 3.05) is 0 Å². The van der Waals surface area contributed by atoms with Crippen LogP contribution in [0.15, 0.2) is 42.5 Å². The molecule has 5 rings (SSSR count). The third-order valence-electron chi connectivity index (χ3n) is 5.99. The standard InChI is InChI=1S/C25H26N2/c1-14(2)16-7-9-20-17(11-16)5-6-18-13-22-19(12-21(18)20)8-10-23-24(22)27-25(26-23)15(3)4/h5-7,9,11-15H,8,10H2,1-4H3,(H,26,27). The van der Waals surface area contributed by atoms with Crippen LogP contribution >= 0.6 is 0 Å². The van der Waals surface area contributed by atoms with Crippen molar-refractivity contribution in [2.45, 2.75) is 52.4 Å². The Kier molecular flexibility index (Phi) is 3.65. The second kappa shape index (κ2) is 5.95.